The lowest BCUT2D eigenvalue weighted by atomic mass is 10.00. The average molecular weight is 270 g/mol. The number of benzene rings is 1. The van der Waals surface area contributed by atoms with Crippen molar-refractivity contribution in [1.29, 1.82) is 0 Å². The molecule has 1 aromatic carbocycles. The highest BCUT2D eigenvalue weighted by Crippen LogP contribution is 2.27. The van der Waals surface area contributed by atoms with Crippen LogP contribution in [-0.2, 0) is 6.54 Å². The molecule has 106 valence electrons. The van der Waals surface area contributed by atoms with Crippen molar-refractivity contribution >= 4 is 0 Å². The van der Waals surface area contributed by atoms with E-state index in [9.17, 15) is 0 Å². The summed E-state index contributed by atoms with van der Waals surface area (Å²) >= 11 is 0. The summed E-state index contributed by atoms with van der Waals surface area (Å²) < 4.78 is 2.31. The molecular formula is C16H22N4. The molecule has 2 aromatic rings. The van der Waals surface area contributed by atoms with Gasteiger partial charge in [-0.25, -0.2) is 0 Å². The first-order valence-electron chi connectivity index (χ1n) is 7.52. The van der Waals surface area contributed by atoms with Crippen LogP contribution in [0.25, 0.3) is 0 Å². The fourth-order valence-corrected chi connectivity index (χ4v) is 2.99. The third-order valence-corrected chi connectivity index (χ3v) is 4.11. The number of rotatable bonds is 4. The summed E-state index contributed by atoms with van der Waals surface area (Å²) in [6.07, 6.45) is 2.28. The molecule has 3 rings (SSSR count). The number of nitrogens with one attached hydrogen (secondary N) is 1. The SMILES string of the molecule is CCCC1NCCn2c1nnc2C(C)c1ccccc1. The van der Waals surface area contributed by atoms with Gasteiger partial charge in [0.05, 0.1) is 6.04 Å². The molecule has 1 N–H and O–H groups in total. The minimum absolute atomic E-state index is 0.290. The Labute approximate surface area is 120 Å². The van der Waals surface area contributed by atoms with Crippen molar-refractivity contribution in [3.63, 3.8) is 0 Å². The van der Waals surface area contributed by atoms with Gasteiger partial charge in [0.15, 0.2) is 0 Å². The van der Waals surface area contributed by atoms with Gasteiger partial charge in [-0.1, -0.05) is 50.6 Å². The molecule has 0 spiro atoms. The van der Waals surface area contributed by atoms with E-state index in [-0.39, 0.29) is 5.92 Å². The molecular weight excluding hydrogens is 248 g/mol. The smallest absolute Gasteiger partial charge is 0.150 e. The second-order valence-corrected chi connectivity index (χ2v) is 5.50. The van der Waals surface area contributed by atoms with Crippen LogP contribution in [0.15, 0.2) is 30.3 Å². The highest BCUT2D eigenvalue weighted by Gasteiger charge is 2.26. The molecule has 1 aromatic heterocycles. The van der Waals surface area contributed by atoms with Crippen molar-refractivity contribution in [2.24, 2.45) is 0 Å². The predicted octanol–water partition coefficient (Wildman–Crippen LogP) is 2.87. The summed E-state index contributed by atoms with van der Waals surface area (Å²) in [5.74, 6) is 2.49. The molecule has 1 aliphatic heterocycles. The predicted molar refractivity (Wildman–Crippen MR) is 79.6 cm³/mol. The van der Waals surface area contributed by atoms with Gasteiger partial charge in [0.1, 0.15) is 11.6 Å². The Morgan fingerprint density at radius 2 is 2.10 bits per heavy atom. The first-order valence-corrected chi connectivity index (χ1v) is 7.52. The summed E-state index contributed by atoms with van der Waals surface area (Å²) in [7, 11) is 0. The van der Waals surface area contributed by atoms with Gasteiger partial charge in [-0.15, -0.1) is 10.2 Å². The van der Waals surface area contributed by atoms with Crippen molar-refractivity contribution < 1.29 is 0 Å². The zero-order valence-corrected chi connectivity index (χ0v) is 12.2. The molecule has 0 amide bonds. The Bertz CT molecular complexity index is 561. The van der Waals surface area contributed by atoms with Crippen molar-refractivity contribution in [3.05, 3.63) is 47.5 Å². The van der Waals surface area contributed by atoms with E-state index in [1.54, 1.807) is 0 Å². The maximum absolute atomic E-state index is 4.48. The lowest BCUT2D eigenvalue weighted by Gasteiger charge is -2.25. The maximum Gasteiger partial charge on any atom is 0.150 e. The Balaban J connectivity index is 1.92. The molecule has 0 bridgehead atoms. The van der Waals surface area contributed by atoms with Gasteiger partial charge in [-0.2, -0.15) is 0 Å². The molecule has 2 atom stereocenters. The molecule has 0 saturated carbocycles. The van der Waals surface area contributed by atoms with Crippen LogP contribution in [0.2, 0.25) is 0 Å². The largest absolute Gasteiger partial charge is 0.312 e. The molecule has 0 radical (unpaired) electrons. The summed E-state index contributed by atoms with van der Waals surface area (Å²) in [5.41, 5.74) is 1.30. The average Bonchev–Trinajstić information content (AvgIpc) is 2.93. The van der Waals surface area contributed by atoms with Crippen LogP contribution in [0.4, 0.5) is 0 Å². The summed E-state index contributed by atoms with van der Waals surface area (Å²) in [6.45, 7) is 6.40. The first-order chi connectivity index (χ1) is 9.81. The summed E-state index contributed by atoms with van der Waals surface area (Å²) in [4.78, 5) is 0. The second-order valence-electron chi connectivity index (χ2n) is 5.50. The minimum atomic E-state index is 0.290. The molecule has 0 fully saturated rings. The third-order valence-electron chi connectivity index (χ3n) is 4.11. The van der Waals surface area contributed by atoms with E-state index in [4.69, 9.17) is 0 Å². The van der Waals surface area contributed by atoms with Crippen LogP contribution in [0.5, 0.6) is 0 Å². The number of fused-ring (bicyclic) bond motifs is 1. The molecule has 2 unspecified atom stereocenters. The molecule has 2 heterocycles. The highest BCUT2D eigenvalue weighted by atomic mass is 15.3. The Morgan fingerprint density at radius 3 is 2.85 bits per heavy atom. The lowest BCUT2D eigenvalue weighted by Crippen LogP contribution is -2.34. The standard InChI is InChI=1S/C16H22N4/c1-3-7-14-16-19-18-15(20(16)11-10-17-14)12(2)13-8-5-4-6-9-13/h4-6,8-9,12,14,17H,3,7,10-11H2,1-2H3. The van der Waals surface area contributed by atoms with Crippen LogP contribution in [-0.4, -0.2) is 21.3 Å². The van der Waals surface area contributed by atoms with E-state index in [0.717, 1.165) is 37.6 Å². The molecule has 0 aliphatic carbocycles. The number of hydrogen-bond acceptors (Lipinski definition) is 3. The van der Waals surface area contributed by atoms with E-state index in [1.165, 1.54) is 5.56 Å². The molecule has 1 aliphatic rings. The second kappa shape index (κ2) is 5.75. The maximum atomic E-state index is 4.48. The number of nitrogens with zero attached hydrogens (tertiary/aromatic N) is 3. The monoisotopic (exact) mass is 270 g/mol. The zero-order valence-electron chi connectivity index (χ0n) is 12.2. The number of aromatic nitrogens is 3. The van der Waals surface area contributed by atoms with Crippen molar-refractivity contribution in [3.8, 4) is 0 Å². The van der Waals surface area contributed by atoms with Gasteiger partial charge in [-0.05, 0) is 12.0 Å². The van der Waals surface area contributed by atoms with E-state index < -0.39 is 0 Å². The first kappa shape index (κ1) is 13.3. The van der Waals surface area contributed by atoms with E-state index in [0.29, 0.717) is 6.04 Å². The quantitative estimate of drug-likeness (QED) is 0.929. The normalized spacial score (nSPS) is 19.6. The van der Waals surface area contributed by atoms with Crippen molar-refractivity contribution in [1.82, 2.24) is 20.1 Å². The molecule has 4 nitrogen and oxygen atoms in total. The minimum Gasteiger partial charge on any atom is -0.312 e. The Morgan fingerprint density at radius 1 is 1.30 bits per heavy atom. The molecule has 0 saturated heterocycles. The fraction of sp³-hybridized carbons (Fsp3) is 0.500. The van der Waals surface area contributed by atoms with Crippen LogP contribution in [0.3, 0.4) is 0 Å². The van der Waals surface area contributed by atoms with Crippen LogP contribution < -0.4 is 5.32 Å². The topological polar surface area (TPSA) is 42.7 Å². The van der Waals surface area contributed by atoms with Gasteiger partial charge < -0.3 is 9.88 Å². The number of hydrogen-bond donors (Lipinski definition) is 1. The molecule has 4 heteroatoms. The van der Waals surface area contributed by atoms with Crippen molar-refractivity contribution in [2.45, 2.75) is 45.2 Å². The Kier molecular flexibility index (Phi) is 3.83. The van der Waals surface area contributed by atoms with Gasteiger partial charge in [0.2, 0.25) is 0 Å². The van der Waals surface area contributed by atoms with Gasteiger partial charge in [0, 0.05) is 19.0 Å². The van der Waals surface area contributed by atoms with E-state index in [1.807, 2.05) is 0 Å². The third kappa shape index (κ3) is 2.36. The van der Waals surface area contributed by atoms with Gasteiger partial charge in [0.25, 0.3) is 0 Å². The van der Waals surface area contributed by atoms with E-state index in [2.05, 4.69) is 64.3 Å². The van der Waals surface area contributed by atoms with Crippen LogP contribution in [0, 0.1) is 0 Å². The highest BCUT2D eigenvalue weighted by molar-refractivity contribution is 5.25. The fourth-order valence-electron chi connectivity index (χ4n) is 2.99. The Hall–Kier alpha value is -1.68. The van der Waals surface area contributed by atoms with Crippen molar-refractivity contribution in [2.75, 3.05) is 6.54 Å². The molecule has 20 heavy (non-hydrogen) atoms. The lowest BCUT2D eigenvalue weighted by molar-refractivity contribution is 0.386. The van der Waals surface area contributed by atoms with Gasteiger partial charge >= 0.3 is 0 Å². The summed E-state index contributed by atoms with van der Waals surface area (Å²) in [5, 5.41) is 12.5. The summed E-state index contributed by atoms with van der Waals surface area (Å²) in [6, 6.07) is 10.9. The van der Waals surface area contributed by atoms with E-state index >= 15 is 0 Å². The van der Waals surface area contributed by atoms with Gasteiger partial charge in [-0.3, -0.25) is 0 Å². The van der Waals surface area contributed by atoms with Crippen LogP contribution in [0.1, 0.15) is 55.9 Å². The van der Waals surface area contributed by atoms with Crippen LogP contribution >= 0.6 is 0 Å². The zero-order chi connectivity index (χ0) is 13.9.